The average Bonchev–Trinajstić information content (AvgIpc) is 2.78. The molecule has 0 saturated heterocycles. The first kappa shape index (κ1) is 21.7. The summed E-state index contributed by atoms with van der Waals surface area (Å²) in [6.45, 7) is 0. The molecule has 8 nitrogen and oxygen atoms in total. The van der Waals surface area contributed by atoms with E-state index in [2.05, 4.69) is 14.5 Å². The number of benzene rings is 2. The zero-order valence-electron chi connectivity index (χ0n) is 17.0. The van der Waals surface area contributed by atoms with E-state index in [1.807, 2.05) is 0 Å². The van der Waals surface area contributed by atoms with Crippen molar-refractivity contribution in [3.8, 4) is 5.75 Å². The maximum absolute atomic E-state index is 13.2. The second-order valence-corrected chi connectivity index (χ2v) is 6.69. The van der Waals surface area contributed by atoms with Crippen LogP contribution in [-0.2, 0) is 15.9 Å². The highest BCUT2D eigenvalue weighted by Crippen LogP contribution is 2.32. The van der Waals surface area contributed by atoms with E-state index in [0.717, 1.165) is 30.7 Å². The molecule has 0 bridgehead atoms. The Bertz CT molecular complexity index is 1180. The molecule has 1 N–H and O–H groups in total. The standard InChI is InChI=1S/C22H19FN2O6/c1-25(22(29)31-3)20(27)16-10-17(21(28)30-2)19(26)18-15(16)9-13(11-24-18)8-12-4-6-14(23)7-5-12/h4-7,9-11,26H,8H2,1-3H3. The molecule has 0 aliphatic heterocycles. The normalized spacial score (nSPS) is 10.6. The average molecular weight is 426 g/mol. The molecule has 2 amide bonds. The van der Waals surface area contributed by atoms with Crippen LogP contribution in [0.15, 0.2) is 42.6 Å². The number of hydrogen-bond acceptors (Lipinski definition) is 7. The molecule has 1 aromatic heterocycles. The summed E-state index contributed by atoms with van der Waals surface area (Å²) in [6, 6.07) is 8.67. The van der Waals surface area contributed by atoms with Crippen LogP contribution in [-0.4, -0.2) is 54.2 Å². The largest absolute Gasteiger partial charge is 0.505 e. The van der Waals surface area contributed by atoms with E-state index in [4.69, 9.17) is 0 Å². The summed E-state index contributed by atoms with van der Waals surface area (Å²) in [5.41, 5.74) is 1.15. The maximum atomic E-state index is 13.2. The van der Waals surface area contributed by atoms with Gasteiger partial charge in [-0.2, -0.15) is 0 Å². The number of carbonyl (C=O) groups is 3. The molecule has 0 atom stereocenters. The highest BCUT2D eigenvalue weighted by Gasteiger charge is 2.26. The molecule has 0 unspecified atom stereocenters. The first-order valence-corrected chi connectivity index (χ1v) is 9.10. The van der Waals surface area contributed by atoms with E-state index in [9.17, 15) is 23.9 Å². The Labute approximate surface area is 176 Å². The number of imide groups is 1. The molecule has 0 saturated carbocycles. The smallest absolute Gasteiger partial charge is 0.416 e. The molecular weight excluding hydrogens is 407 g/mol. The van der Waals surface area contributed by atoms with Gasteiger partial charge in [0.2, 0.25) is 0 Å². The van der Waals surface area contributed by atoms with Gasteiger partial charge in [0.25, 0.3) is 5.91 Å². The van der Waals surface area contributed by atoms with Crippen LogP contribution in [0.3, 0.4) is 0 Å². The number of halogens is 1. The summed E-state index contributed by atoms with van der Waals surface area (Å²) in [7, 11) is 3.48. The SMILES string of the molecule is COC(=O)c1cc(C(=O)N(C)C(=O)OC)c2cc(Cc3ccc(F)cc3)cnc2c1O. The molecule has 9 heteroatoms. The number of fused-ring (bicyclic) bond motifs is 1. The number of rotatable bonds is 4. The van der Waals surface area contributed by atoms with Crippen LogP contribution in [0.2, 0.25) is 0 Å². The van der Waals surface area contributed by atoms with Crippen molar-refractivity contribution in [2.45, 2.75) is 6.42 Å². The minimum Gasteiger partial charge on any atom is -0.505 e. The number of phenolic OH excluding ortho intramolecular Hbond substituents is 1. The van der Waals surface area contributed by atoms with Crippen molar-refractivity contribution in [2.24, 2.45) is 0 Å². The number of aromatic nitrogens is 1. The topological polar surface area (TPSA) is 106 Å². The van der Waals surface area contributed by atoms with Gasteiger partial charge in [-0.1, -0.05) is 12.1 Å². The number of hydrogen-bond donors (Lipinski definition) is 1. The van der Waals surface area contributed by atoms with Gasteiger partial charge in [0.15, 0.2) is 5.75 Å². The number of carbonyl (C=O) groups excluding carboxylic acids is 3. The van der Waals surface area contributed by atoms with Gasteiger partial charge < -0.3 is 14.6 Å². The van der Waals surface area contributed by atoms with Gasteiger partial charge in [0, 0.05) is 18.6 Å². The van der Waals surface area contributed by atoms with Gasteiger partial charge in [-0.05, 0) is 41.8 Å². The minimum absolute atomic E-state index is 0.00706. The molecule has 1 heterocycles. The summed E-state index contributed by atoms with van der Waals surface area (Å²) < 4.78 is 22.4. The second-order valence-electron chi connectivity index (χ2n) is 6.69. The fourth-order valence-corrected chi connectivity index (χ4v) is 3.10. The van der Waals surface area contributed by atoms with Gasteiger partial charge in [0.1, 0.15) is 16.9 Å². The monoisotopic (exact) mass is 426 g/mol. The molecular formula is C22H19FN2O6. The molecule has 0 aliphatic carbocycles. The lowest BCUT2D eigenvalue weighted by molar-refractivity contribution is 0.0597. The zero-order chi connectivity index (χ0) is 22.7. The lowest BCUT2D eigenvalue weighted by atomic mass is 9.98. The van der Waals surface area contributed by atoms with E-state index < -0.39 is 23.7 Å². The summed E-state index contributed by atoms with van der Waals surface area (Å²) in [6.07, 6.45) is 0.954. The summed E-state index contributed by atoms with van der Waals surface area (Å²) in [5, 5.41) is 10.8. The second kappa shape index (κ2) is 8.78. The first-order valence-electron chi connectivity index (χ1n) is 9.10. The van der Waals surface area contributed by atoms with Crippen molar-refractivity contribution in [1.82, 2.24) is 9.88 Å². The van der Waals surface area contributed by atoms with Crippen molar-refractivity contribution in [2.75, 3.05) is 21.3 Å². The van der Waals surface area contributed by atoms with E-state index in [0.29, 0.717) is 12.0 Å². The van der Waals surface area contributed by atoms with Gasteiger partial charge in [0.05, 0.1) is 19.8 Å². The Kier molecular flexibility index (Phi) is 6.15. The lowest BCUT2D eigenvalue weighted by Gasteiger charge is -2.17. The van der Waals surface area contributed by atoms with Crippen LogP contribution in [0.4, 0.5) is 9.18 Å². The van der Waals surface area contributed by atoms with Crippen LogP contribution in [0.1, 0.15) is 31.8 Å². The van der Waals surface area contributed by atoms with E-state index in [-0.39, 0.29) is 27.8 Å². The molecule has 3 rings (SSSR count). The number of nitrogens with zero attached hydrogens (tertiary/aromatic N) is 2. The third-order valence-electron chi connectivity index (χ3n) is 4.71. The Balaban J connectivity index is 2.17. The van der Waals surface area contributed by atoms with Crippen LogP contribution in [0.5, 0.6) is 5.75 Å². The van der Waals surface area contributed by atoms with Gasteiger partial charge >= 0.3 is 12.1 Å². The van der Waals surface area contributed by atoms with Gasteiger partial charge in [-0.15, -0.1) is 0 Å². The summed E-state index contributed by atoms with van der Waals surface area (Å²) in [5.74, 6) is -2.44. The Morgan fingerprint density at radius 3 is 2.32 bits per heavy atom. The number of esters is 1. The number of ether oxygens (including phenoxy) is 2. The fourth-order valence-electron chi connectivity index (χ4n) is 3.10. The number of aromatic hydroxyl groups is 1. The van der Waals surface area contributed by atoms with Crippen molar-refractivity contribution in [1.29, 1.82) is 0 Å². The third kappa shape index (κ3) is 4.30. The third-order valence-corrected chi connectivity index (χ3v) is 4.71. The molecule has 160 valence electrons. The Morgan fingerprint density at radius 2 is 1.71 bits per heavy atom. The highest BCUT2D eigenvalue weighted by atomic mass is 19.1. The molecule has 0 aliphatic rings. The van der Waals surface area contributed by atoms with E-state index in [1.54, 1.807) is 18.2 Å². The van der Waals surface area contributed by atoms with Crippen LogP contribution < -0.4 is 0 Å². The molecule has 31 heavy (non-hydrogen) atoms. The lowest BCUT2D eigenvalue weighted by Crippen LogP contribution is -2.33. The fraction of sp³-hybridized carbons (Fsp3) is 0.182. The van der Waals surface area contributed by atoms with Crippen molar-refractivity contribution in [3.05, 3.63) is 70.7 Å². The van der Waals surface area contributed by atoms with Crippen molar-refractivity contribution >= 4 is 28.9 Å². The molecule has 0 fully saturated rings. The van der Waals surface area contributed by atoms with Crippen molar-refractivity contribution < 1.29 is 33.4 Å². The zero-order valence-corrected chi connectivity index (χ0v) is 17.0. The number of amides is 2. The van der Waals surface area contributed by atoms with Gasteiger partial charge in [-0.3, -0.25) is 9.78 Å². The Hall–Kier alpha value is -4.01. The first-order chi connectivity index (χ1) is 14.8. The van der Waals surface area contributed by atoms with E-state index in [1.165, 1.54) is 25.4 Å². The molecule has 0 radical (unpaired) electrons. The number of phenols is 1. The number of pyridine rings is 1. The van der Waals surface area contributed by atoms with Gasteiger partial charge in [-0.25, -0.2) is 18.9 Å². The van der Waals surface area contributed by atoms with Crippen LogP contribution in [0, 0.1) is 5.82 Å². The van der Waals surface area contributed by atoms with Crippen molar-refractivity contribution in [3.63, 3.8) is 0 Å². The Morgan fingerprint density at radius 1 is 1.03 bits per heavy atom. The number of methoxy groups -OCH3 is 2. The molecule has 3 aromatic rings. The van der Waals surface area contributed by atoms with Crippen LogP contribution >= 0.6 is 0 Å². The highest BCUT2D eigenvalue weighted by molar-refractivity contribution is 6.14. The molecule has 2 aromatic carbocycles. The van der Waals surface area contributed by atoms with E-state index >= 15 is 0 Å². The minimum atomic E-state index is -0.902. The quantitative estimate of drug-likeness (QED) is 0.638. The predicted octanol–water partition coefficient (Wildman–Crippen LogP) is 3.30. The summed E-state index contributed by atoms with van der Waals surface area (Å²) >= 11 is 0. The molecule has 0 spiro atoms. The maximum Gasteiger partial charge on any atom is 0.416 e. The summed E-state index contributed by atoms with van der Waals surface area (Å²) in [4.78, 5) is 41.8. The van der Waals surface area contributed by atoms with Crippen LogP contribution in [0.25, 0.3) is 10.9 Å². The predicted molar refractivity (Wildman–Crippen MR) is 108 cm³/mol.